The summed E-state index contributed by atoms with van der Waals surface area (Å²) in [6.07, 6.45) is 0.543. The summed E-state index contributed by atoms with van der Waals surface area (Å²) in [5.74, 6) is -1.64. The van der Waals surface area contributed by atoms with E-state index in [4.69, 9.17) is 16.9 Å². The molecule has 2 N–H and O–H groups in total. The molecular formula is C15H11ClFN3O2. The second kappa shape index (κ2) is 6.41. The van der Waals surface area contributed by atoms with E-state index >= 15 is 0 Å². The number of carbonyl (C=O) groups is 1. The topological polar surface area (TPSA) is 86.0 Å². The molecule has 2 rings (SSSR count). The minimum atomic E-state index is -1.23. The smallest absolute Gasteiger partial charge is 0.339 e. The van der Waals surface area contributed by atoms with Crippen molar-refractivity contribution in [1.82, 2.24) is 4.98 Å². The van der Waals surface area contributed by atoms with E-state index in [1.165, 1.54) is 18.2 Å². The lowest BCUT2D eigenvalue weighted by Gasteiger charge is -2.13. The van der Waals surface area contributed by atoms with Crippen molar-refractivity contribution >= 4 is 29.1 Å². The number of hydrogen-bond donors (Lipinski definition) is 2. The average Bonchev–Trinajstić information content (AvgIpc) is 2.49. The third-order valence-corrected chi connectivity index (χ3v) is 3.30. The number of anilines is 2. The monoisotopic (exact) mass is 319 g/mol. The molecule has 0 unspecified atom stereocenters. The van der Waals surface area contributed by atoms with Crippen molar-refractivity contribution in [1.29, 1.82) is 5.26 Å². The number of nitrogens with one attached hydrogen (secondary N) is 1. The van der Waals surface area contributed by atoms with Gasteiger partial charge in [0.25, 0.3) is 0 Å². The molecule has 0 atom stereocenters. The maximum atomic E-state index is 13.3. The molecular weight excluding hydrogens is 309 g/mol. The van der Waals surface area contributed by atoms with Crippen LogP contribution in [-0.4, -0.2) is 16.1 Å². The van der Waals surface area contributed by atoms with Crippen molar-refractivity contribution in [2.75, 3.05) is 5.32 Å². The average molecular weight is 320 g/mol. The minimum Gasteiger partial charge on any atom is -0.478 e. The van der Waals surface area contributed by atoms with Crippen LogP contribution in [-0.2, 0) is 6.42 Å². The predicted molar refractivity (Wildman–Crippen MR) is 80.0 cm³/mol. The van der Waals surface area contributed by atoms with Crippen LogP contribution >= 0.6 is 11.6 Å². The van der Waals surface area contributed by atoms with Crippen LogP contribution in [0.4, 0.5) is 15.9 Å². The Morgan fingerprint density at radius 1 is 1.50 bits per heavy atom. The summed E-state index contributed by atoms with van der Waals surface area (Å²) >= 11 is 5.80. The van der Waals surface area contributed by atoms with E-state index in [-0.39, 0.29) is 27.9 Å². The van der Waals surface area contributed by atoms with E-state index in [1.807, 2.05) is 6.92 Å². The van der Waals surface area contributed by atoms with Gasteiger partial charge in [-0.3, -0.25) is 0 Å². The molecule has 112 valence electrons. The second-order valence-electron chi connectivity index (χ2n) is 4.41. The summed E-state index contributed by atoms with van der Waals surface area (Å²) in [7, 11) is 0. The number of nitriles is 1. The summed E-state index contributed by atoms with van der Waals surface area (Å²) in [6, 6.07) is 7.04. The Labute approximate surface area is 131 Å². The number of benzene rings is 1. The Kier molecular flexibility index (Phi) is 4.59. The fourth-order valence-electron chi connectivity index (χ4n) is 1.93. The highest BCUT2D eigenvalue weighted by atomic mass is 35.5. The lowest BCUT2D eigenvalue weighted by atomic mass is 10.1. The molecule has 0 radical (unpaired) electrons. The van der Waals surface area contributed by atoms with Gasteiger partial charge in [-0.05, 0) is 36.2 Å². The Morgan fingerprint density at radius 2 is 2.23 bits per heavy atom. The summed E-state index contributed by atoms with van der Waals surface area (Å²) < 4.78 is 13.3. The standard InChI is InChI=1S/C15H11ClFN3O2/c1-2-8-5-9(17)3-4-12(8)19-14-10(15(21)22)6-11(16)13(7-18)20-14/h3-6H,2H2,1H3,(H,19,20)(H,21,22). The van der Waals surface area contributed by atoms with Crippen LogP contribution in [0.25, 0.3) is 0 Å². The summed E-state index contributed by atoms with van der Waals surface area (Å²) in [4.78, 5) is 15.2. The molecule has 0 aliphatic heterocycles. The maximum Gasteiger partial charge on any atom is 0.339 e. The molecule has 0 amide bonds. The number of carboxylic acid groups (broad SMARTS) is 1. The van der Waals surface area contributed by atoms with Crippen LogP contribution < -0.4 is 5.32 Å². The van der Waals surface area contributed by atoms with Crippen LogP contribution in [0.1, 0.15) is 28.5 Å². The normalized spacial score (nSPS) is 10.1. The molecule has 7 heteroatoms. The Balaban J connectivity index is 2.53. The molecule has 1 aromatic heterocycles. The number of pyridine rings is 1. The predicted octanol–water partition coefficient (Wildman–Crippen LogP) is 3.75. The largest absolute Gasteiger partial charge is 0.478 e. The van der Waals surface area contributed by atoms with E-state index in [0.717, 1.165) is 6.07 Å². The van der Waals surface area contributed by atoms with E-state index in [9.17, 15) is 14.3 Å². The number of hydrogen-bond acceptors (Lipinski definition) is 4. The molecule has 22 heavy (non-hydrogen) atoms. The van der Waals surface area contributed by atoms with Crippen molar-refractivity contribution in [3.63, 3.8) is 0 Å². The highest BCUT2D eigenvalue weighted by Crippen LogP contribution is 2.27. The summed E-state index contributed by atoms with van der Waals surface area (Å²) in [5, 5.41) is 21.0. The van der Waals surface area contributed by atoms with Crippen LogP contribution in [0.15, 0.2) is 24.3 Å². The molecule has 0 spiro atoms. The number of carboxylic acids is 1. The van der Waals surface area contributed by atoms with E-state index < -0.39 is 5.97 Å². The van der Waals surface area contributed by atoms with Gasteiger partial charge in [0.2, 0.25) is 0 Å². The van der Waals surface area contributed by atoms with E-state index in [2.05, 4.69) is 10.3 Å². The molecule has 1 heterocycles. The summed E-state index contributed by atoms with van der Waals surface area (Å²) in [6.45, 7) is 1.84. The van der Waals surface area contributed by atoms with Crippen LogP contribution in [0.5, 0.6) is 0 Å². The summed E-state index contributed by atoms with van der Waals surface area (Å²) in [5.41, 5.74) is 0.918. The molecule has 0 bridgehead atoms. The number of aromatic carboxylic acids is 1. The first-order valence-electron chi connectivity index (χ1n) is 6.35. The van der Waals surface area contributed by atoms with Crippen molar-refractivity contribution in [2.45, 2.75) is 13.3 Å². The van der Waals surface area contributed by atoms with E-state index in [1.54, 1.807) is 6.07 Å². The number of aromatic nitrogens is 1. The lowest BCUT2D eigenvalue weighted by Crippen LogP contribution is -2.07. The van der Waals surface area contributed by atoms with Gasteiger partial charge in [-0.1, -0.05) is 18.5 Å². The fraction of sp³-hybridized carbons (Fsp3) is 0.133. The SMILES string of the molecule is CCc1cc(F)ccc1Nc1nc(C#N)c(Cl)cc1C(=O)O. The minimum absolute atomic E-state index is 0.0187. The zero-order chi connectivity index (χ0) is 16.3. The Hall–Kier alpha value is -2.65. The lowest BCUT2D eigenvalue weighted by molar-refractivity contribution is 0.0697. The van der Waals surface area contributed by atoms with Crippen molar-refractivity contribution in [3.8, 4) is 6.07 Å². The van der Waals surface area contributed by atoms with Gasteiger partial charge in [0, 0.05) is 5.69 Å². The molecule has 2 aromatic rings. The highest BCUT2D eigenvalue weighted by Gasteiger charge is 2.17. The zero-order valence-electron chi connectivity index (χ0n) is 11.5. The molecule has 0 saturated heterocycles. The molecule has 1 aromatic carbocycles. The highest BCUT2D eigenvalue weighted by molar-refractivity contribution is 6.32. The van der Waals surface area contributed by atoms with Crippen molar-refractivity contribution < 1.29 is 14.3 Å². The maximum absolute atomic E-state index is 13.3. The van der Waals surface area contributed by atoms with Crippen LogP contribution in [0.2, 0.25) is 5.02 Å². The van der Waals surface area contributed by atoms with E-state index in [0.29, 0.717) is 17.7 Å². The van der Waals surface area contributed by atoms with Gasteiger partial charge in [0.1, 0.15) is 23.3 Å². The van der Waals surface area contributed by atoms with Gasteiger partial charge in [0.15, 0.2) is 5.69 Å². The number of aryl methyl sites for hydroxylation is 1. The third kappa shape index (κ3) is 3.15. The first kappa shape index (κ1) is 15.7. The fourth-order valence-corrected chi connectivity index (χ4v) is 2.12. The third-order valence-electron chi connectivity index (χ3n) is 3.01. The number of nitrogens with zero attached hydrogens (tertiary/aromatic N) is 2. The number of halogens is 2. The van der Waals surface area contributed by atoms with Crippen LogP contribution in [0, 0.1) is 17.1 Å². The van der Waals surface area contributed by atoms with Gasteiger partial charge in [-0.25, -0.2) is 14.2 Å². The molecule has 5 nitrogen and oxygen atoms in total. The zero-order valence-corrected chi connectivity index (χ0v) is 12.3. The number of rotatable bonds is 4. The Morgan fingerprint density at radius 3 is 2.82 bits per heavy atom. The van der Waals surface area contributed by atoms with Crippen LogP contribution in [0.3, 0.4) is 0 Å². The van der Waals surface area contributed by atoms with Crippen molar-refractivity contribution in [3.05, 3.63) is 51.9 Å². The van der Waals surface area contributed by atoms with Gasteiger partial charge in [-0.15, -0.1) is 0 Å². The van der Waals surface area contributed by atoms with Gasteiger partial charge in [0.05, 0.1) is 5.02 Å². The molecule has 0 saturated carbocycles. The van der Waals surface area contributed by atoms with Crippen molar-refractivity contribution in [2.24, 2.45) is 0 Å². The van der Waals surface area contributed by atoms with Gasteiger partial charge in [-0.2, -0.15) is 5.26 Å². The molecule has 0 aliphatic rings. The molecule has 0 aliphatic carbocycles. The van der Waals surface area contributed by atoms with Gasteiger partial charge >= 0.3 is 5.97 Å². The Bertz CT molecular complexity index is 787. The van der Waals surface area contributed by atoms with Gasteiger partial charge < -0.3 is 10.4 Å². The molecule has 0 fully saturated rings. The quantitative estimate of drug-likeness (QED) is 0.896. The first-order valence-corrected chi connectivity index (χ1v) is 6.73. The second-order valence-corrected chi connectivity index (χ2v) is 4.82. The first-order chi connectivity index (χ1) is 10.5.